The Morgan fingerprint density at radius 2 is 1.81 bits per heavy atom. The second-order valence-electron chi connectivity index (χ2n) is 7.23. The number of likely N-dealkylation sites (tertiary alicyclic amines) is 1. The molecule has 3 heterocycles. The van der Waals surface area contributed by atoms with Crippen LogP contribution in [0, 0.1) is 5.82 Å². The molecule has 0 saturated carbocycles. The maximum absolute atomic E-state index is 13.1. The van der Waals surface area contributed by atoms with Crippen molar-refractivity contribution in [2.75, 3.05) is 18.0 Å². The van der Waals surface area contributed by atoms with Crippen molar-refractivity contribution in [3.63, 3.8) is 0 Å². The van der Waals surface area contributed by atoms with E-state index in [1.807, 2.05) is 18.2 Å². The van der Waals surface area contributed by atoms with Crippen molar-refractivity contribution in [3.8, 4) is 0 Å². The van der Waals surface area contributed by atoms with Crippen LogP contribution in [0.1, 0.15) is 37.7 Å². The molecule has 1 spiro atoms. The normalized spacial score (nSPS) is 23.5. The molecule has 2 fully saturated rings. The van der Waals surface area contributed by atoms with E-state index in [-0.39, 0.29) is 11.4 Å². The molecule has 2 aromatic rings. The van der Waals surface area contributed by atoms with Gasteiger partial charge in [0.05, 0.1) is 12.4 Å². The summed E-state index contributed by atoms with van der Waals surface area (Å²) in [5.74, 6) is 0.401. The molecule has 4 rings (SSSR count). The molecular weight excluding hydrogens is 331 g/mol. The van der Waals surface area contributed by atoms with Gasteiger partial charge in [-0.25, -0.2) is 14.4 Å². The summed E-state index contributed by atoms with van der Waals surface area (Å²) in [6.07, 6.45) is 6.82. The molecule has 0 unspecified atom stereocenters. The molecule has 136 valence electrons. The third-order valence-electron chi connectivity index (χ3n) is 5.67. The van der Waals surface area contributed by atoms with Gasteiger partial charge in [-0.15, -0.1) is 0 Å². The van der Waals surface area contributed by atoms with Crippen molar-refractivity contribution in [2.45, 2.75) is 44.2 Å². The highest BCUT2D eigenvalue weighted by Gasteiger charge is 2.45. The van der Waals surface area contributed by atoms with E-state index in [0.29, 0.717) is 18.9 Å². The number of anilines is 1. The largest absolute Gasteiger partial charge is 0.341 e. The molecule has 2 aliphatic heterocycles. The Morgan fingerprint density at radius 3 is 2.58 bits per heavy atom. The molecule has 0 N–H and O–H groups in total. The van der Waals surface area contributed by atoms with Crippen LogP contribution in [0.4, 0.5) is 10.3 Å². The van der Waals surface area contributed by atoms with Crippen molar-refractivity contribution >= 4 is 11.9 Å². The number of carbonyl (C=O) groups is 1. The molecule has 6 heteroatoms. The van der Waals surface area contributed by atoms with Crippen molar-refractivity contribution in [2.24, 2.45) is 0 Å². The van der Waals surface area contributed by atoms with Crippen LogP contribution in [0.5, 0.6) is 0 Å². The van der Waals surface area contributed by atoms with E-state index in [2.05, 4.69) is 31.9 Å². The summed E-state index contributed by atoms with van der Waals surface area (Å²) in [7, 11) is 0. The zero-order valence-corrected chi connectivity index (χ0v) is 14.8. The molecule has 26 heavy (non-hydrogen) atoms. The van der Waals surface area contributed by atoms with E-state index in [4.69, 9.17) is 0 Å². The predicted octanol–water partition coefficient (Wildman–Crippen LogP) is 3.17. The Bertz CT molecular complexity index is 767. The first kappa shape index (κ1) is 16.9. The van der Waals surface area contributed by atoms with E-state index in [1.165, 1.54) is 18.0 Å². The van der Waals surface area contributed by atoms with Gasteiger partial charge in [-0.3, -0.25) is 4.79 Å². The molecule has 1 aromatic heterocycles. The Balaban J connectivity index is 1.52. The number of benzene rings is 1. The van der Waals surface area contributed by atoms with Crippen LogP contribution in [-0.4, -0.2) is 39.4 Å². The zero-order valence-electron chi connectivity index (χ0n) is 14.8. The molecule has 1 amide bonds. The number of aromatic nitrogens is 2. The maximum Gasteiger partial charge on any atom is 0.225 e. The van der Waals surface area contributed by atoms with Crippen molar-refractivity contribution in [3.05, 3.63) is 54.1 Å². The first-order chi connectivity index (χ1) is 12.7. The van der Waals surface area contributed by atoms with E-state index in [1.54, 1.807) is 0 Å². The van der Waals surface area contributed by atoms with Gasteiger partial charge in [0, 0.05) is 31.6 Å². The lowest BCUT2D eigenvalue weighted by Crippen LogP contribution is -2.46. The van der Waals surface area contributed by atoms with E-state index in [9.17, 15) is 9.18 Å². The van der Waals surface area contributed by atoms with E-state index < -0.39 is 5.82 Å². The maximum atomic E-state index is 13.1. The van der Waals surface area contributed by atoms with Gasteiger partial charge in [-0.1, -0.05) is 30.3 Å². The highest BCUT2D eigenvalue weighted by molar-refractivity contribution is 5.79. The average molecular weight is 354 g/mol. The molecule has 1 atom stereocenters. The summed E-state index contributed by atoms with van der Waals surface area (Å²) in [6.45, 7) is 2.29. The fraction of sp³-hybridized carbons (Fsp3) is 0.450. The molecule has 0 aliphatic carbocycles. The number of nitrogens with zero attached hydrogens (tertiary/aromatic N) is 4. The molecule has 0 radical (unpaired) electrons. The Morgan fingerprint density at radius 1 is 1.04 bits per heavy atom. The summed E-state index contributed by atoms with van der Waals surface area (Å²) in [4.78, 5) is 25.0. The average Bonchev–Trinajstić information content (AvgIpc) is 2.84. The van der Waals surface area contributed by atoms with Crippen LogP contribution in [0.3, 0.4) is 0 Å². The van der Waals surface area contributed by atoms with E-state index >= 15 is 0 Å². The van der Waals surface area contributed by atoms with Crippen molar-refractivity contribution in [1.29, 1.82) is 0 Å². The van der Waals surface area contributed by atoms with Crippen LogP contribution >= 0.6 is 0 Å². The topological polar surface area (TPSA) is 49.3 Å². The molecule has 2 aliphatic rings. The molecule has 2 saturated heterocycles. The standard InChI is InChI=1S/C20H23FN4O/c21-17-13-22-19(23-14-17)24-11-4-8-20(10-12-24)9-7-18(26)25(20)15-16-5-2-1-3-6-16/h1-3,5-6,13-14H,4,7-12,15H2/t20-/m1/s1. The quantitative estimate of drug-likeness (QED) is 0.850. The third kappa shape index (κ3) is 3.28. The lowest BCUT2D eigenvalue weighted by atomic mass is 9.87. The fourth-order valence-electron chi connectivity index (χ4n) is 4.26. The minimum absolute atomic E-state index is 0.0816. The number of halogens is 1. The predicted molar refractivity (Wildman–Crippen MR) is 97.0 cm³/mol. The van der Waals surface area contributed by atoms with Gasteiger partial charge in [0.25, 0.3) is 0 Å². The number of carbonyl (C=O) groups excluding carboxylic acids is 1. The second-order valence-corrected chi connectivity index (χ2v) is 7.23. The summed E-state index contributed by atoms with van der Waals surface area (Å²) < 4.78 is 13.1. The third-order valence-corrected chi connectivity index (χ3v) is 5.67. The van der Waals surface area contributed by atoms with Crippen LogP contribution in [0.15, 0.2) is 42.7 Å². The first-order valence-corrected chi connectivity index (χ1v) is 9.23. The van der Waals surface area contributed by atoms with Crippen molar-refractivity contribution in [1.82, 2.24) is 14.9 Å². The highest BCUT2D eigenvalue weighted by atomic mass is 19.1. The smallest absolute Gasteiger partial charge is 0.225 e. The first-order valence-electron chi connectivity index (χ1n) is 9.23. The summed E-state index contributed by atoms with van der Waals surface area (Å²) in [6, 6.07) is 10.2. The zero-order chi connectivity index (χ0) is 18.0. The van der Waals surface area contributed by atoms with Gasteiger partial charge >= 0.3 is 0 Å². The Labute approximate surface area is 152 Å². The molecule has 5 nitrogen and oxygen atoms in total. The van der Waals surface area contributed by atoms with Gasteiger partial charge in [0.1, 0.15) is 0 Å². The minimum atomic E-state index is -0.421. The second kappa shape index (κ2) is 7.02. The Kier molecular flexibility index (Phi) is 4.57. The van der Waals surface area contributed by atoms with Crippen molar-refractivity contribution < 1.29 is 9.18 Å². The summed E-state index contributed by atoms with van der Waals surface area (Å²) >= 11 is 0. The summed E-state index contributed by atoms with van der Waals surface area (Å²) in [5, 5.41) is 0. The number of amides is 1. The SMILES string of the molecule is O=C1CC[C@@]2(CCCN(c3ncc(F)cn3)CC2)N1Cc1ccccc1. The number of rotatable bonds is 3. The Hall–Kier alpha value is -2.50. The van der Waals surface area contributed by atoms with Gasteiger partial charge in [0.15, 0.2) is 5.82 Å². The summed E-state index contributed by atoms with van der Waals surface area (Å²) in [5.41, 5.74) is 1.09. The van der Waals surface area contributed by atoms with E-state index in [0.717, 1.165) is 38.8 Å². The van der Waals surface area contributed by atoms with Crippen LogP contribution in [-0.2, 0) is 11.3 Å². The monoisotopic (exact) mass is 354 g/mol. The lowest BCUT2D eigenvalue weighted by Gasteiger charge is -2.38. The lowest BCUT2D eigenvalue weighted by molar-refractivity contribution is -0.132. The number of hydrogen-bond donors (Lipinski definition) is 0. The highest BCUT2D eigenvalue weighted by Crippen LogP contribution is 2.40. The van der Waals surface area contributed by atoms with Crippen LogP contribution in [0.2, 0.25) is 0 Å². The minimum Gasteiger partial charge on any atom is -0.341 e. The van der Waals surface area contributed by atoms with Gasteiger partial charge in [0.2, 0.25) is 11.9 Å². The fourth-order valence-corrected chi connectivity index (χ4v) is 4.26. The van der Waals surface area contributed by atoms with Gasteiger partial charge < -0.3 is 9.80 Å². The van der Waals surface area contributed by atoms with Gasteiger partial charge in [-0.2, -0.15) is 0 Å². The number of hydrogen-bond acceptors (Lipinski definition) is 4. The molecule has 1 aromatic carbocycles. The molecule has 0 bridgehead atoms. The van der Waals surface area contributed by atoms with Gasteiger partial charge in [-0.05, 0) is 31.2 Å². The molecular formula is C20H23FN4O. The van der Waals surface area contributed by atoms with Crippen LogP contribution < -0.4 is 4.90 Å². The van der Waals surface area contributed by atoms with Crippen LogP contribution in [0.25, 0.3) is 0 Å².